The SMILES string of the molecule is COc1ccccc1[C@@H]1CC(=O)C2=C(C1)Nc1nc3ccccc3n1[C@H]2c1c[nH]c2ccccc12. The predicted octanol–water partition coefficient (Wildman–Crippen LogP) is 5.94. The Kier molecular flexibility index (Phi) is 4.36. The van der Waals surface area contributed by atoms with Crippen LogP contribution in [-0.4, -0.2) is 27.4 Å². The van der Waals surface area contributed by atoms with E-state index in [9.17, 15) is 4.79 Å². The number of nitrogens with one attached hydrogen (secondary N) is 2. The quantitative estimate of drug-likeness (QED) is 0.349. The molecule has 3 aromatic carbocycles. The van der Waals surface area contributed by atoms with Gasteiger partial charge in [-0.05, 0) is 36.2 Å². The van der Waals surface area contributed by atoms with E-state index in [2.05, 4.69) is 39.1 Å². The van der Waals surface area contributed by atoms with Crippen molar-refractivity contribution in [3.63, 3.8) is 0 Å². The number of benzene rings is 3. The van der Waals surface area contributed by atoms with Crippen LogP contribution in [0.4, 0.5) is 5.95 Å². The van der Waals surface area contributed by atoms with E-state index in [0.29, 0.717) is 6.42 Å². The van der Waals surface area contributed by atoms with Gasteiger partial charge in [-0.1, -0.05) is 48.5 Å². The lowest BCUT2D eigenvalue weighted by molar-refractivity contribution is -0.116. The Balaban J connectivity index is 1.44. The normalized spacial score (nSPS) is 19.5. The Morgan fingerprint density at radius 2 is 1.74 bits per heavy atom. The number of rotatable bonds is 3. The molecular weight excluding hydrogens is 436 g/mol. The van der Waals surface area contributed by atoms with Crippen molar-refractivity contribution in [3.8, 4) is 5.75 Å². The topological polar surface area (TPSA) is 71.9 Å². The molecule has 0 fully saturated rings. The first-order chi connectivity index (χ1) is 17.2. The number of anilines is 1. The molecule has 2 atom stereocenters. The highest BCUT2D eigenvalue weighted by Gasteiger charge is 2.40. The number of allylic oxidation sites excluding steroid dienone is 2. The maximum absolute atomic E-state index is 13.9. The van der Waals surface area contributed by atoms with Crippen molar-refractivity contribution in [1.29, 1.82) is 0 Å². The van der Waals surface area contributed by atoms with Crippen molar-refractivity contribution in [2.75, 3.05) is 12.4 Å². The third kappa shape index (κ3) is 2.96. The molecule has 6 heteroatoms. The first kappa shape index (κ1) is 20.1. The molecule has 0 saturated carbocycles. The smallest absolute Gasteiger partial charge is 0.209 e. The number of ether oxygens (including phenoxy) is 1. The number of nitrogens with zero attached hydrogens (tertiary/aromatic N) is 2. The number of Topliss-reactive ketones (excluding diaryl/α,β-unsaturated/α-hetero) is 1. The summed E-state index contributed by atoms with van der Waals surface area (Å²) in [5, 5.41) is 4.68. The predicted molar refractivity (Wildman–Crippen MR) is 137 cm³/mol. The molecule has 7 rings (SSSR count). The molecule has 172 valence electrons. The molecule has 3 heterocycles. The molecule has 0 spiro atoms. The molecule has 6 nitrogen and oxygen atoms in total. The van der Waals surface area contributed by atoms with Gasteiger partial charge in [0, 0.05) is 46.3 Å². The van der Waals surface area contributed by atoms with E-state index in [4.69, 9.17) is 9.72 Å². The van der Waals surface area contributed by atoms with Crippen LogP contribution in [0.3, 0.4) is 0 Å². The number of imidazole rings is 1. The second-order valence-electron chi connectivity index (χ2n) is 9.27. The zero-order chi connectivity index (χ0) is 23.5. The molecule has 0 unspecified atom stereocenters. The van der Waals surface area contributed by atoms with Crippen molar-refractivity contribution < 1.29 is 9.53 Å². The van der Waals surface area contributed by atoms with E-state index < -0.39 is 0 Å². The summed E-state index contributed by atoms with van der Waals surface area (Å²) in [4.78, 5) is 22.3. The summed E-state index contributed by atoms with van der Waals surface area (Å²) in [5.74, 6) is 1.80. The highest BCUT2D eigenvalue weighted by atomic mass is 16.5. The maximum atomic E-state index is 13.9. The van der Waals surface area contributed by atoms with Crippen LogP contribution in [0.5, 0.6) is 5.75 Å². The standard InChI is InChI=1S/C29H24N4O2/c1-35-26-13-7-3-8-18(26)17-14-23-27(25(34)15-17)28(20-16-30-21-10-4-2-9-19(20)21)33-24-12-6-5-11-22(24)31-29(33)32-23/h2-13,16-17,28,30H,14-15H2,1H3,(H,31,32)/t17-,28-/m0/s1. The van der Waals surface area contributed by atoms with Crippen molar-refractivity contribution in [2.24, 2.45) is 0 Å². The Hall–Kier alpha value is -4.32. The van der Waals surface area contributed by atoms with Crippen LogP contribution in [0.25, 0.3) is 21.9 Å². The molecule has 2 aromatic heterocycles. The fourth-order valence-corrected chi connectivity index (χ4v) is 5.86. The molecule has 2 N–H and O–H groups in total. The number of hydrogen-bond acceptors (Lipinski definition) is 4. The fourth-order valence-electron chi connectivity index (χ4n) is 5.86. The van der Waals surface area contributed by atoms with Gasteiger partial charge in [-0.25, -0.2) is 4.98 Å². The zero-order valence-corrected chi connectivity index (χ0v) is 19.3. The Bertz CT molecular complexity index is 1660. The largest absolute Gasteiger partial charge is 0.496 e. The van der Waals surface area contributed by atoms with E-state index in [-0.39, 0.29) is 17.7 Å². The highest BCUT2D eigenvalue weighted by Crippen LogP contribution is 2.48. The van der Waals surface area contributed by atoms with Crippen LogP contribution in [0.15, 0.2) is 90.3 Å². The van der Waals surface area contributed by atoms with Gasteiger partial charge < -0.3 is 15.0 Å². The summed E-state index contributed by atoms with van der Waals surface area (Å²) in [6, 6.07) is 24.1. The van der Waals surface area contributed by atoms with Gasteiger partial charge >= 0.3 is 0 Å². The molecule has 35 heavy (non-hydrogen) atoms. The third-order valence-electron chi connectivity index (χ3n) is 7.39. The first-order valence-corrected chi connectivity index (χ1v) is 11.9. The third-order valence-corrected chi connectivity index (χ3v) is 7.39. The number of hydrogen-bond donors (Lipinski definition) is 2. The average Bonchev–Trinajstić information content (AvgIpc) is 3.48. The lowest BCUT2D eigenvalue weighted by Crippen LogP contribution is -2.33. The summed E-state index contributed by atoms with van der Waals surface area (Å²) in [6.07, 6.45) is 3.22. The van der Waals surface area contributed by atoms with Gasteiger partial charge in [-0.15, -0.1) is 0 Å². The number of aromatic amines is 1. The summed E-state index contributed by atoms with van der Waals surface area (Å²) in [7, 11) is 1.68. The number of para-hydroxylation sites is 4. The molecule has 1 aliphatic heterocycles. The number of ketones is 1. The van der Waals surface area contributed by atoms with Crippen LogP contribution < -0.4 is 10.1 Å². The van der Waals surface area contributed by atoms with Crippen LogP contribution in [-0.2, 0) is 4.79 Å². The van der Waals surface area contributed by atoms with Gasteiger partial charge in [-0.2, -0.15) is 0 Å². The molecule has 0 bridgehead atoms. The van der Waals surface area contributed by atoms with Crippen LogP contribution in [0.1, 0.15) is 35.9 Å². The lowest BCUT2D eigenvalue weighted by atomic mass is 9.77. The van der Waals surface area contributed by atoms with Gasteiger partial charge in [0.05, 0.1) is 24.2 Å². The molecule has 5 aromatic rings. The number of fused-ring (bicyclic) bond motifs is 4. The number of carbonyl (C=O) groups is 1. The number of H-pyrrole nitrogens is 1. The van der Waals surface area contributed by atoms with Crippen LogP contribution in [0.2, 0.25) is 0 Å². The highest BCUT2D eigenvalue weighted by molar-refractivity contribution is 6.02. The Morgan fingerprint density at radius 1 is 0.943 bits per heavy atom. The van der Waals surface area contributed by atoms with E-state index >= 15 is 0 Å². The zero-order valence-electron chi connectivity index (χ0n) is 19.3. The first-order valence-electron chi connectivity index (χ1n) is 11.9. The van der Waals surface area contributed by atoms with Gasteiger partial charge in [0.25, 0.3) is 0 Å². The summed E-state index contributed by atoms with van der Waals surface area (Å²) in [6.45, 7) is 0. The number of aromatic nitrogens is 3. The van der Waals surface area contributed by atoms with E-state index in [1.54, 1.807) is 7.11 Å². The van der Waals surface area contributed by atoms with Gasteiger partial charge in [-0.3, -0.25) is 9.36 Å². The molecule has 0 amide bonds. The van der Waals surface area contributed by atoms with E-state index in [1.807, 2.05) is 54.7 Å². The fraction of sp³-hybridized carbons (Fsp3) is 0.172. The second-order valence-corrected chi connectivity index (χ2v) is 9.27. The average molecular weight is 461 g/mol. The van der Waals surface area contributed by atoms with Crippen molar-refractivity contribution >= 4 is 33.7 Å². The summed E-state index contributed by atoms with van der Waals surface area (Å²) < 4.78 is 7.81. The Labute approximate surface area is 202 Å². The van der Waals surface area contributed by atoms with E-state index in [1.165, 1.54) is 0 Å². The lowest BCUT2D eigenvalue weighted by Gasteiger charge is -2.36. The maximum Gasteiger partial charge on any atom is 0.209 e. The molecule has 1 aliphatic carbocycles. The molecule has 2 aliphatic rings. The van der Waals surface area contributed by atoms with Gasteiger partial charge in [0.15, 0.2) is 5.78 Å². The van der Waals surface area contributed by atoms with Crippen LogP contribution >= 0.6 is 0 Å². The van der Waals surface area contributed by atoms with E-state index in [0.717, 1.165) is 62.5 Å². The molecule has 0 saturated heterocycles. The number of methoxy groups -OCH3 is 1. The minimum Gasteiger partial charge on any atom is -0.496 e. The molecule has 0 radical (unpaired) electrons. The van der Waals surface area contributed by atoms with Crippen molar-refractivity contribution in [2.45, 2.75) is 24.8 Å². The Morgan fingerprint density at radius 3 is 2.66 bits per heavy atom. The summed E-state index contributed by atoms with van der Waals surface area (Å²) in [5.41, 5.74) is 6.92. The minimum atomic E-state index is -0.254. The molecular formula is C29H24N4O2. The number of carbonyl (C=O) groups excluding carboxylic acids is 1. The summed E-state index contributed by atoms with van der Waals surface area (Å²) >= 11 is 0. The minimum absolute atomic E-state index is 0.0458. The van der Waals surface area contributed by atoms with Gasteiger partial charge in [0.2, 0.25) is 5.95 Å². The monoisotopic (exact) mass is 460 g/mol. The van der Waals surface area contributed by atoms with Gasteiger partial charge in [0.1, 0.15) is 5.75 Å². The van der Waals surface area contributed by atoms with Crippen molar-refractivity contribution in [3.05, 3.63) is 101 Å². The second kappa shape index (κ2) is 7.60. The van der Waals surface area contributed by atoms with Crippen molar-refractivity contribution in [1.82, 2.24) is 14.5 Å². The van der Waals surface area contributed by atoms with Crippen LogP contribution in [0, 0.1) is 0 Å².